The van der Waals surface area contributed by atoms with Gasteiger partial charge in [0.15, 0.2) is 5.82 Å². The van der Waals surface area contributed by atoms with Gasteiger partial charge < -0.3 is 15.0 Å². The van der Waals surface area contributed by atoms with Gasteiger partial charge in [-0.2, -0.15) is 5.10 Å². The lowest BCUT2D eigenvalue weighted by Gasteiger charge is -2.15. The first-order valence-corrected chi connectivity index (χ1v) is 8.17. The van der Waals surface area contributed by atoms with Crippen LogP contribution in [-0.2, 0) is 9.53 Å². The maximum absolute atomic E-state index is 12.4. The number of ether oxygens (including phenoxy) is 1. The van der Waals surface area contributed by atoms with Gasteiger partial charge in [-0.05, 0) is 44.2 Å². The summed E-state index contributed by atoms with van der Waals surface area (Å²) in [6.45, 7) is 5.19. The smallest absolute Gasteiger partial charge is 0.228 e. The first kappa shape index (κ1) is 16.6. The number of anilines is 1. The van der Waals surface area contributed by atoms with E-state index in [1.165, 1.54) is 0 Å². The summed E-state index contributed by atoms with van der Waals surface area (Å²) in [5.41, 5.74) is 1.72. The highest BCUT2D eigenvalue weighted by Gasteiger charge is 2.27. The number of carbonyl (C=O) groups excluding carboxylic acids is 1. The van der Waals surface area contributed by atoms with Gasteiger partial charge >= 0.3 is 0 Å². The molecule has 24 heavy (non-hydrogen) atoms. The first-order valence-electron chi connectivity index (χ1n) is 8.17. The molecule has 2 aromatic rings. The zero-order chi connectivity index (χ0) is 16.9. The lowest BCUT2D eigenvalue weighted by molar-refractivity contribution is -0.119. The predicted octanol–water partition coefficient (Wildman–Crippen LogP) is 1.69. The van der Waals surface area contributed by atoms with E-state index in [0.29, 0.717) is 12.4 Å². The number of methoxy groups -OCH3 is 1. The predicted molar refractivity (Wildman–Crippen MR) is 91.6 cm³/mol. The molecule has 1 aliphatic rings. The third-order valence-electron chi connectivity index (χ3n) is 4.26. The Morgan fingerprint density at radius 1 is 1.42 bits per heavy atom. The molecule has 1 amide bonds. The van der Waals surface area contributed by atoms with Crippen LogP contribution in [0.5, 0.6) is 0 Å². The molecule has 1 fully saturated rings. The van der Waals surface area contributed by atoms with Crippen molar-refractivity contribution >= 4 is 11.6 Å². The molecule has 0 bridgehead atoms. The fourth-order valence-corrected chi connectivity index (χ4v) is 2.89. The summed E-state index contributed by atoms with van der Waals surface area (Å²) in [7, 11) is 1.70. The molecule has 7 heteroatoms. The van der Waals surface area contributed by atoms with Gasteiger partial charge in [0.1, 0.15) is 5.82 Å². The minimum atomic E-state index is 0.0391. The highest BCUT2D eigenvalue weighted by Crippen LogP contribution is 2.21. The molecule has 0 aliphatic carbocycles. The lowest BCUT2D eigenvalue weighted by Crippen LogP contribution is -2.29. The topological polar surface area (TPSA) is 83.1 Å². The molecule has 1 saturated heterocycles. The number of nitrogens with one attached hydrogen (secondary N) is 2. The van der Waals surface area contributed by atoms with Gasteiger partial charge in [-0.3, -0.25) is 9.89 Å². The summed E-state index contributed by atoms with van der Waals surface area (Å²) in [5.74, 6) is 1.56. The second-order valence-electron chi connectivity index (χ2n) is 6.09. The van der Waals surface area contributed by atoms with Crippen LogP contribution in [0.3, 0.4) is 0 Å². The van der Waals surface area contributed by atoms with E-state index in [1.54, 1.807) is 7.11 Å². The fourth-order valence-electron chi connectivity index (χ4n) is 2.89. The maximum Gasteiger partial charge on any atom is 0.228 e. The number of likely N-dealkylation sites (tertiary alicyclic amines) is 1. The minimum Gasteiger partial charge on any atom is -0.383 e. The fraction of sp³-hybridized carbons (Fsp3) is 0.471. The number of H-pyrrole nitrogens is 1. The summed E-state index contributed by atoms with van der Waals surface area (Å²) >= 11 is 0. The van der Waals surface area contributed by atoms with E-state index >= 15 is 0 Å². The van der Waals surface area contributed by atoms with Crippen LogP contribution in [0.1, 0.15) is 12.2 Å². The van der Waals surface area contributed by atoms with Crippen molar-refractivity contribution < 1.29 is 9.53 Å². The number of rotatable bonds is 6. The molecule has 1 atom stereocenters. The Hall–Kier alpha value is -2.25. The summed E-state index contributed by atoms with van der Waals surface area (Å²) in [5, 5.41) is 9.96. The number of nitrogens with zero attached hydrogens (tertiary/aromatic N) is 3. The molecular weight excluding hydrogens is 306 g/mol. The lowest BCUT2D eigenvalue weighted by atomic mass is 10.1. The van der Waals surface area contributed by atoms with Gasteiger partial charge in [0.05, 0.1) is 12.5 Å². The number of carbonyl (C=O) groups is 1. The van der Waals surface area contributed by atoms with Crippen LogP contribution in [0.2, 0.25) is 0 Å². The Morgan fingerprint density at radius 3 is 2.88 bits per heavy atom. The normalized spacial score (nSPS) is 18.0. The van der Waals surface area contributed by atoms with Crippen LogP contribution in [-0.4, -0.2) is 59.3 Å². The largest absolute Gasteiger partial charge is 0.383 e. The van der Waals surface area contributed by atoms with E-state index < -0.39 is 0 Å². The number of aryl methyl sites for hydroxylation is 1. The quantitative estimate of drug-likeness (QED) is 0.842. The number of hydrogen-bond acceptors (Lipinski definition) is 5. The average molecular weight is 329 g/mol. The zero-order valence-corrected chi connectivity index (χ0v) is 14.1. The van der Waals surface area contributed by atoms with Gasteiger partial charge in [0.2, 0.25) is 5.91 Å². The summed E-state index contributed by atoms with van der Waals surface area (Å²) in [6.07, 6.45) is 0.893. The molecule has 0 saturated carbocycles. The van der Waals surface area contributed by atoms with Gasteiger partial charge in [-0.15, -0.1) is 0 Å². The highest BCUT2D eigenvalue weighted by molar-refractivity contribution is 5.93. The summed E-state index contributed by atoms with van der Waals surface area (Å²) in [4.78, 5) is 19.0. The van der Waals surface area contributed by atoms with Crippen molar-refractivity contribution in [1.29, 1.82) is 0 Å². The van der Waals surface area contributed by atoms with Crippen LogP contribution in [0.4, 0.5) is 5.69 Å². The van der Waals surface area contributed by atoms with Gasteiger partial charge in [0.25, 0.3) is 0 Å². The molecule has 2 N–H and O–H groups in total. The molecule has 0 radical (unpaired) electrons. The van der Waals surface area contributed by atoms with Crippen molar-refractivity contribution in [2.45, 2.75) is 13.3 Å². The molecule has 2 heterocycles. The number of hydrogen-bond donors (Lipinski definition) is 2. The van der Waals surface area contributed by atoms with Crippen LogP contribution in [0, 0.1) is 12.8 Å². The minimum absolute atomic E-state index is 0.0391. The van der Waals surface area contributed by atoms with E-state index in [4.69, 9.17) is 4.74 Å². The van der Waals surface area contributed by atoms with Crippen molar-refractivity contribution in [1.82, 2.24) is 20.1 Å². The first-order chi connectivity index (χ1) is 11.7. The molecule has 0 spiro atoms. The van der Waals surface area contributed by atoms with E-state index in [0.717, 1.165) is 43.1 Å². The Labute approximate surface area is 141 Å². The third-order valence-corrected chi connectivity index (χ3v) is 4.26. The van der Waals surface area contributed by atoms with Crippen molar-refractivity contribution in [2.24, 2.45) is 5.92 Å². The number of benzene rings is 1. The molecule has 1 aromatic heterocycles. The van der Waals surface area contributed by atoms with E-state index in [1.807, 2.05) is 31.2 Å². The molecular formula is C17H23N5O2. The Kier molecular flexibility index (Phi) is 5.22. The molecule has 1 aliphatic heterocycles. The van der Waals surface area contributed by atoms with E-state index in [-0.39, 0.29) is 11.8 Å². The number of aromatic amines is 1. The monoisotopic (exact) mass is 329 g/mol. The zero-order valence-electron chi connectivity index (χ0n) is 14.1. The second kappa shape index (κ2) is 7.55. The third kappa shape index (κ3) is 3.98. The molecule has 3 rings (SSSR count). The Bertz CT molecular complexity index is 683. The standard InChI is InChI=1S/C17H23N5O2/c1-12-18-16(21-20-12)13-3-5-15(6-4-13)19-17(23)14-7-8-22(11-14)9-10-24-2/h3-6,14H,7-11H2,1-2H3,(H,19,23)(H,18,20,21). The van der Waals surface area contributed by atoms with E-state index in [9.17, 15) is 4.79 Å². The van der Waals surface area contributed by atoms with Gasteiger partial charge in [0, 0.05) is 31.5 Å². The second-order valence-corrected chi connectivity index (χ2v) is 6.09. The van der Waals surface area contributed by atoms with Crippen LogP contribution in [0.15, 0.2) is 24.3 Å². The summed E-state index contributed by atoms with van der Waals surface area (Å²) in [6, 6.07) is 7.60. The van der Waals surface area contributed by atoms with Crippen molar-refractivity contribution in [3.63, 3.8) is 0 Å². The molecule has 7 nitrogen and oxygen atoms in total. The number of amides is 1. The van der Waals surface area contributed by atoms with Crippen molar-refractivity contribution in [3.8, 4) is 11.4 Å². The molecule has 128 valence electrons. The SMILES string of the molecule is COCCN1CCC(C(=O)Nc2ccc(-c3n[nH]c(C)n3)cc2)C1. The van der Waals surface area contributed by atoms with Gasteiger partial charge in [-0.1, -0.05) is 0 Å². The van der Waals surface area contributed by atoms with Crippen LogP contribution < -0.4 is 5.32 Å². The van der Waals surface area contributed by atoms with Crippen LogP contribution in [0.25, 0.3) is 11.4 Å². The van der Waals surface area contributed by atoms with Gasteiger partial charge in [-0.25, -0.2) is 4.98 Å². The maximum atomic E-state index is 12.4. The van der Waals surface area contributed by atoms with Crippen molar-refractivity contribution in [2.75, 3.05) is 38.7 Å². The highest BCUT2D eigenvalue weighted by atomic mass is 16.5. The summed E-state index contributed by atoms with van der Waals surface area (Å²) < 4.78 is 5.09. The van der Waals surface area contributed by atoms with E-state index in [2.05, 4.69) is 25.4 Å². The average Bonchev–Trinajstić information content (AvgIpc) is 3.23. The Morgan fingerprint density at radius 2 is 2.21 bits per heavy atom. The van der Waals surface area contributed by atoms with Crippen LogP contribution >= 0.6 is 0 Å². The van der Waals surface area contributed by atoms with Crippen molar-refractivity contribution in [3.05, 3.63) is 30.1 Å². The Balaban J connectivity index is 1.55. The number of aromatic nitrogens is 3. The molecule has 1 aromatic carbocycles. The molecule has 1 unspecified atom stereocenters.